The zero-order chi connectivity index (χ0) is 12.0. The normalized spacial score (nSPS) is 10.1. The van der Waals surface area contributed by atoms with Crippen molar-refractivity contribution < 1.29 is 18.4 Å². The molecule has 0 atom stereocenters. The summed E-state index contributed by atoms with van der Waals surface area (Å²) >= 11 is 0. The van der Waals surface area contributed by atoms with Crippen molar-refractivity contribution >= 4 is 6.09 Å². The number of hydrogen-bond donors (Lipinski definition) is 2. The Morgan fingerprint density at radius 1 is 1.38 bits per heavy atom. The molecule has 0 aliphatic carbocycles. The third-order valence-corrected chi connectivity index (χ3v) is 1.81. The molecule has 2 N–H and O–H groups in total. The van der Waals surface area contributed by atoms with Gasteiger partial charge in [-0.25, -0.2) is 9.59 Å². The minimum Gasteiger partial charge on any atom is -0.441 e. The fourth-order valence-corrected chi connectivity index (χ4v) is 0.978. The van der Waals surface area contributed by atoms with E-state index in [2.05, 4.69) is 19.5 Å². The molecule has 1 rings (SSSR count). The number of carbonyl (C=O) groups is 1. The molecule has 1 heterocycles. The second-order valence-electron chi connectivity index (χ2n) is 3.04. The lowest BCUT2D eigenvalue weighted by atomic mass is 10.4. The quantitative estimate of drug-likeness (QED) is 0.691. The molecular formula is C9H14N2O5. The van der Waals surface area contributed by atoms with Gasteiger partial charge in [0, 0.05) is 13.1 Å². The Labute approximate surface area is 91.8 Å². The first-order chi connectivity index (χ1) is 7.63. The van der Waals surface area contributed by atoms with Gasteiger partial charge >= 0.3 is 11.9 Å². The first-order valence-electron chi connectivity index (χ1n) is 4.78. The number of aryl methyl sites for hydroxylation is 1. The van der Waals surface area contributed by atoms with E-state index in [-0.39, 0.29) is 12.4 Å². The Hall–Kier alpha value is -1.76. The molecule has 0 saturated carbocycles. The van der Waals surface area contributed by atoms with Gasteiger partial charge in [-0.1, -0.05) is 0 Å². The van der Waals surface area contributed by atoms with Crippen LogP contribution in [0.1, 0.15) is 11.5 Å². The van der Waals surface area contributed by atoms with Gasteiger partial charge < -0.3 is 24.2 Å². The number of hydrogen-bond acceptors (Lipinski definition) is 6. The highest BCUT2D eigenvalue weighted by Crippen LogP contribution is 2.05. The summed E-state index contributed by atoms with van der Waals surface area (Å²) in [4.78, 5) is 21.8. The third-order valence-electron chi connectivity index (χ3n) is 1.81. The predicted octanol–water partition coefficient (Wildman–Crippen LogP) is -0.0132. The minimum atomic E-state index is -0.799. The van der Waals surface area contributed by atoms with Crippen molar-refractivity contribution in [3.8, 4) is 0 Å². The molecule has 0 aliphatic heterocycles. The average Bonchev–Trinajstić information content (AvgIpc) is 2.55. The van der Waals surface area contributed by atoms with E-state index < -0.39 is 11.9 Å². The van der Waals surface area contributed by atoms with Crippen LogP contribution in [0.15, 0.2) is 13.6 Å². The Bertz CT molecular complexity index is 395. The van der Waals surface area contributed by atoms with E-state index in [0.29, 0.717) is 18.8 Å². The highest BCUT2D eigenvalue weighted by atomic mass is 16.6. The Morgan fingerprint density at radius 2 is 2.12 bits per heavy atom. The molecule has 0 radical (unpaired) electrons. The van der Waals surface area contributed by atoms with Crippen molar-refractivity contribution in [3.05, 3.63) is 22.1 Å². The molecule has 1 aromatic rings. The molecule has 0 spiro atoms. The van der Waals surface area contributed by atoms with Crippen molar-refractivity contribution in [2.24, 2.45) is 0 Å². The van der Waals surface area contributed by atoms with E-state index >= 15 is 0 Å². The van der Waals surface area contributed by atoms with Crippen LogP contribution in [0.3, 0.4) is 0 Å². The Balaban J connectivity index is 2.31. The summed E-state index contributed by atoms with van der Waals surface area (Å²) in [6.45, 7) is 2.55. The summed E-state index contributed by atoms with van der Waals surface area (Å²) in [7, 11) is 1.77. The van der Waals surface area contributed by atoms with E-state index in [1.165, 1.54) is 0 Å². The molecular weight excluding hydrogens is 216 g/mol. The maximum Gasteiger partial charge on any atom is 0.519 e. The molecule has 1 amide bonds. The van der Waals surface area contributed by atoms with E-state index in [1.54, 1.807) is 14.0 Å². The minimum absolute atomic E-state index is 0.122. The fraction of sp³-hybridized carbons (Fsp3) is 0.556. The monoisotopic (exact) mass is 230 g/mol. The van der Waals surface area contributed by atoms with Gasteiger partial charge in [0.2, 0.25) is 0 Å². The SMILES string of the molecule is CNCCNC(=O)OCc1oc(=O)oc1C. The van der Waals surface area contributed by atoms with Gasteiger partial charge in [0.15, 0.2) is 18.1 Å². The molecule has 1 aromatic heterocycles. The van der Waals surface area contributed by atoms with Crippen LogP contribution in [0, 0.1) is 6.92 Å². The Kier molecular flexibility index (Phi) is 4.59. The predicted molar refractivity (Wildman–Crippen MR) is 54.1 cm³/mol. The van der Waals surface area contributed by atoms with E-state index in [1.807, 2.05) is 0 Å². The van der Waals surface area contributed by atoms with Gasteiger partial charge in [0.25, 0.3) is 0 Å². The standard InChI is InChI=1S/C9H14N2O5/c1-6-7(16-9(13)15-6)5-14-8(12)11-4-3-10-2/h10H,3-5H2,1-2H3,(H,11,12). The molecule has 0 aromatic carbocycles. The topological polar surface area (TPSA) is 93.7 Å². The van der Waals surface area contributed by atoms with Crippen LogP contribution in [-0.4, -0.2) is 26.2 Å². The van der Waals surface area contributed by atoms with E-state index in [4.69, 9.17) is 4.74 Å². The number of amides is 1. The maximum absolute atomic E-state index is 11.1. The summed E-state index contributed by atoms with van der Waals surface area (Å²) in [5.41, 5.74) is 0. The molecule has 0 bridgehead atoms. The number of carbonyl (C=O) groups excluding carboxylic acids is 1. The van der Waals surface area contributed by atoms with Gasteiger partial charge in [-0.3, -0.25) is 0 Å². The second kappa shape index (κ2) is 5.96. The second-order valence-corrected chi connectivity index (χ2v) is 3.04. The number of ether oxygens (including phenoxy) is 1. The van der Waals surface area contributed by atoms with Gasteiger partial charge in [-0.15, -0.1) is 0 Å². The van der Waals surface area contributed by atoms with Crippen LogP contribution in [-0.2, 0) is 11.3 Å². The lowest BCUT2D eigenvalue weighted by molar-refractivity contribution is 0.130. The summed E-state index contributed by atoms with van der Waals surface area (Å²) in [6, 6.07) is 0. The lowest BCUT2D eigenvalue weighted by Gasteiger charge is -2.04. The number of likely N-dealkylation sites (N-methyl/N-ethyl adjacent to an activating group) is 1. The molecule has 7 nitrogen and oxygen atoms in total. The summed E-state index contributed by atoms with van der Waals surface area (Å²) in [5.74, 6) is -0.270. The van der Waals surface area contributed by atoms with Crippen LogP contribution in [0.25, 0.3) is 0 Å². The number of nitrogens with one attached hydrogen (secondary N) is 2. The molecule has 0 saturated heterocycles. The Morgan fingerprint density at radius 3 is 2.69 bits per heavy atom. The lowest BCUT2D eigenvalue weighted by Crippen LogP contribution is -2.30. The van der Waals surface area contributed by atoms with E-state index in [9.17, 15) is 9.59 Å². The van der Waals surface area contributed by atoms with Crippen LogP contribution in [0.4, 0.5) is 4.79 Å². The summed E-state index contributed by atoms with van der Waals surface area (Å²) in [5, 5.41) is 5.37. The zero-order valence-electron chi connectivity index (χ0n) is 9.16. The van der Waals surface area contributed by atoms with Crippen molar-refractivity contribution in [2.45, 2.75) is 13.5 Å². The maximum atomic E-state index is 11.1. The van der Waals surface area contributed by atoms with Gasteiger partial charge in [0.1, 0.15) is 0 Å². The molecule has 90 valence electrons. The van der Waals surface area contributed by atoms with E-state index in [0.717, 1.165) is 0 Å². The van der Waals surface area contributed by atoms with Gasteiger partial charge in [0.05, 0.1) is 0 Å². The van der Waals surface area contributed by atoms with Crippen LogP contribution >= 0.6 is 0 Å². The van der Waals surface area contributed by atoms with Crippen molar-refractivity contribution in [1.29, 1.82) is 0 Å². The molecule has 0 unspecified atom stereocenters. The molecule has 0 fully saturated rings. The average molecular weight is 230 g/mol. The van der Waals surface area contributed by atoms with Gasteiger partial charge in [-0.2, -0.15) is 0 Å². The highest BCUT2D eigenvalue weighted by Gasteiger charge is 2.10. The molecule has 0 aliphatic rings. The van der Waals surface area contributed by atoms with Crippen molar-refractivity contribution in [2.75, 3.05) is 20.1 Å². The first-order valence-corrected chi connectivity index (χ1v) is 4.78. The number of rotatable bonds is 5. The van der Waals surface area contributed by atoms with Crippen molar-refractivity contribution in [3.63, 3.8) is 0 Å². The van der Waals surface area contributed by atoms with Crippen LogP contribution in [0.5, 0.6) is 0 Å². The molecule has 7 heteroatoms. The highest BCUT2D eigenvalue weighted by molar-refractivity contribution is 5.67. The summed E-state index contributed by atoms with van der Waals surface area (Å²) < 4.78 is 14.1. The van der Waals surface area contributed by atoms with Crippen molar-refractivity contribution in [1.82, 2.24) is 10.6 Å². The summed E-state index contributed by atoms with van der Waals surface area (Å²) in [6.07, 6.45) is -0.571. The van der Waals surface area contributed by atoms with Crippen LogP contribution in [0.2, 0.25) is 0 Å². The fourth-order valence-electron chi connectivity index (χ4n) is 0.978. The van der Waals surface area contributed by atoms with Gasteiger partial charge in [-0.05, 0) is 14.0 Å². The first kappa shape index (κ1) is 12.3. The zero-order valence-corrected chi connectivity index (χ0v) is 9.16. The largest absolute Gasteiger partial charge is 0.519 e. The third kappa shape index (κ3) is 3.77. The molecule has 16 heavy (non-hydrogen) atoms. The van der Waals surface area contributed by atoms with Crippen LogP contribution < -0.4 is 16.5 Å². The smallest absolute Gasteiger partial charge is 0.441 e. The number of alkyl carbamates (subject to hydrolysis) is 1.